The van der Waals surface area contributed by atoms with E-state index in [-0.39, 0.29) is 11.6 Å². The Morgan fingerprint density at radius 3 is 2.66 bits per heavy atom. The van der Waals surface area contributed by atoms with Crippen molar-refractivity contribution in [3.05, 3.63) is 53.3 Å². The van der Waals surface area contributed by atoms with E-state index in [1.54, 1.807) is 13.2 Å². The number of carbonyl (C=O) groups is 1. The van der Waals surface area contributed by atoms with Crippen LogP contribution in [0.15, 0.2) is 40.9 Å². The van der Waals surface area contributed by atoms with E-state index < -0.39 is 5.92 Å². The number of nitrogens with one attached hydrogen (secondary N) is 1. The highest BCUT2D eigenvalue weighted by atomic mass is 19.1. The first-order valence-electron chi connectivity index (χ1n) is 9.85. The highest BCUT2D eigenvalue weighted by Crippen LogP contribution is 2.39. The van der Waals surface area contributed by atoms with Gasteiger partial charge in [-0.15, -0.1) is 0 Å². The molecule has 3 aromatic rings. The van der Waals surface area contributed by atoms with Gasteiger partial charge in [-0.3, -0.25) is 4.79 Å². The molecule has 1 saturated heterocycles. The molecule has 0 bridgehead atoms. The van der Waals surface area contributed by atoms with Crippen molar-refractivity contribution in [1.82, 2.24) is 10.5 Å². The Bertz CT molecular complexity index is 1010. The minimum Gasteiger partial charge on any atom is -0.497 e. The summed E-state index contributed by atoms with van der Waals surface area (Å²) in [5.74, 6) is 0.525. The van der Waals surface area contributed by atoms with E-state index in [1.807, 2.05) is 13.0 Å². The van der Waals surface area contributed by atoms with Crippen molar-refractivity contribution in [3.8, 4) is 5.75 Å². The summed E-state index contributed by atoms with van der Waals surface area (Å²) < 4.78 is 24.4. The molecule has 1 atom stereocenters. The molecule has 0 spiro atoms. The monoisotopic (exact) mass is 397 g/mol. The third kappa shape index (κ3) is 3.70. The number of methoxy groups -OCH3 is 1. The molecule has 0 saturated carbocycles. The van der Waals surface area contributed by atoms with Gasteiger partial charge in [0.25, 0.3) is 0 Å². The van der Waals surface area contributed by atoms with Crippen LogP contribution in [0.25, 0.3) is 11.0 Å². The summed E-state index contributed by atoms with van der Waals surface area (Å²) in [4.78, 5) is 15.5. The smallest absolute Gasteiger partial charge is 0.180 e. The van der Waals surface area contributed by atoms with Crippen LogP contribution in [0.3, 0.4) is 0 Å². The SMILES string of the molecule is CCC(C(=O)c1ccc(F)cc1)c1cc(OC)cc2onc(N3CCNCC3)c12. The molecular weight excluding hydrogens is 373 g/mol. The molecule has 1 aliphatic heterocycles. The molecule has 0 radical (unpaired) electrons. The van der Waals surface area contributed by atoms with Gasteiger partial charge in [0, 0.05) is 43.7 Å². The highest BCUT2D eigenvalue weighted by Gasteiger charge is 2.28. The number of hydrogen-bond acceptors (Lipinski definition) is 6. The summed E-state index contributed by atoms with van der Waals surface area (Å²) in [7, 11) is 1.58. The number of ketones is 1. The van der Waals surface area contributed by atoms with E-state index in [2.05, 4.69) is 15.4 Å². The zero-order chi connectivity index (χ0) is 20.4. The third-order valence-corrected chi connectivity index (χ3v) is 5.44. The summed E-state index contributed by atoms with van der Waals surface area (Å²) in [5.41, 5.74) is 1.90. The molecule has 1 aliphatic rings. The lowest BCUT2D eigenvalue weighted by molar-refractivity contribution is 0.0958. The number of aromatic nitrogens is 1. The minimum atomic E-state index is -0.417. The molecule has 7 heteroatoms. The summed E-state index contributed by atoms with van der Waals surface area (Å²) in [6.07, 6.45) is 0.588. The number of anilines is 1. The fourth-order valence-electron chi connectivity index (χ4n) is 3.91. The van der Waals surface area contributed by atoms with Crippen LogP contribution in [0.1, 0.15) is 35.2 Å². The molecule has 0 amide bonds. The number of piperazine rings is 1. The molecule has 0 aliphatic carbocycles. The maximum atomic E-state index is 13.3. The topological polar surface area (TPSA) is 67.6 Å². The first-order valence-corrected chi connectivity index (χ1v) is 9.85. The highest BCUT2D eigenvalue weighted by molar-refractivity contribution is 6.05. The van der Waals surface area contributed by atoms with Crippen LogP contribution in [-0.4, -0.2) is 44.2 Å². The second-order valence-corrected chi connectivity index (χ2v) is 7.16. The molecule has 2 aromatic carbocycles. The first kappa shape index (κ1) is 19.4. The predicted molar refractivity (Wildman–Crippen MR) is 109 cm³/mol. The summed E-state index contributed by atoms with van der Waals surface area (Å²) >= 11 is 0. The second kappa shape index (κ2) is 8.21. The van der Waals surface area contributed by atoms with Gasteiger partial charge in [0.2, 0.25) is 0 Å². The van der Waals surface area contributed by atoms with Crippen LogP contribution in [0.5, 0.6) is 5.75 Å². The van der Waals surface area contributed by atoms with E-state index in [1.165, 1.54) is 24.3 Å². The molecule has 2 heterocycles. The number of benzene rings is 2. The summed E-state index contributed by atoms with van der Waals surface area (Å²) in [6, 6.07) is 9.37. The molecule has 1 fully saturated rings. The summed E-state index contributed by atoms with van der Waals surface area (Å²) in [5, 5.41) is 8.50. The minimum absolute atomic E-state index is 0.0606. The van der Waals surface area contributed by atoms with E-state index in [4.69, 9.17) is 9.26 Å². The number of nitrogens with zero attached hydrogens (tertiary/aromatic N) is 2. The zero-order valence-corrected chi connectivity index (χ0v) is 16.6. The van der Waals surface area contributed by atoms with E-state index in [9.17, 15) is 9.18 Å². The average Bonchev–Trinajstić information content (AvgIpc) is 3.19. The number of carbonyl (C=O) groups excluding carboxylic acids is 1. The van der Waals surface area contributed by atoms with Gasteiger partial charge in [0.15, 0.2) is 17.2 Å². The van der Waals surface area contributed by atoms with E-state index >= 15 is 0 Å². The fourth-order valence-corrected chi connectivity index (χ4v) is 3.91. The van der Waals surface area contributed by atoms with Crippen LogP contribution < -0.4 is 15.0 Å². The Morgan fingerprint density at radius 1 is 1.28 bits per heavy atom. The largest absolute Gasteiger partial charge is 0.497 e. The van der Waals surface area contributed by atoms with Crippen molar-refractivity contribution in [1.29, 1.82) is 0 Å². The molecule has 1 unspecified atom stereocenters. The maximum absolute atomic E-state index is 13.3. The Balaban J connectivity index is 1.83. The number of rotatable bonds is 6. The molecule has 6 nitrogen and oxygen atoms in total. The molecule has 4 rings (SSSR count). The van der Waals surface area contributed by atoms with Crippen molar-refractivity contribution >= 4 is 22.6 Å². The lowest BCUT2D eigenvalue weighted by Gasteiger charge is -2.28. The van der Waals surface area contributed by atoms with Gasteiger partial charge in [-0.25, -0.2) is 4.39 Å². The summed E-state index contributed by atoms with van der Waals surface area (Å²) in [6.45, 7) is 5.33. The van der Waals surface area contributed by atoms with Gasteiger partial charge in [-0.05, 0) is 42.3 Å². The van der Waals surface area contributed by atoms with Crippen molar-refractivity contribution in [2.24, 2.45) is 0 Å². The zero-order valence-electron chi connectivity index (χ0n) is 16.6. The number of Topliss-reactive ketones (excluding diaryl/α,β-unsaturated/α-hetero) is 1. The third-order valence-electron chi connectivity index (χ3n) is 5.44. The Kier molecular flexibility index (Phi) is 5.49. The second-order valence-electron chi connectivity index (χ2n) is 7.16. The van der Waals surface area contributed by atoms with Gasteiger partial charge in [-0.2, -0.15) is 0 Å². The lowest BCUT2D eigenvalue weighted by Crippen LogP contribution is -2.43. The van der Waals surface area contributed by atoms with Crippen LogP contribution in [0.4, 0.5) is 10.2 Å². The quantitative estimate of drug-likeness (QED) is 0.639. The van der Waals surface area contributed by atoms with Crippen LogP contribution >= 0.6 is 0 Å². The Labute approximate surface area is 168 Å². The standard InChI is InChI=1S/C22H24FN3O3/c1-3-17(21(27)14-4-6-15(23)7-5-14)18-12-16(28-2)13-19-20(18)22(25-29-19)26-10-8-24-9-11-26/h4-7,12-13,17,24H,3,8-11H2,1-2H3. The molecule has 1 aromatic heterocycles. The van der Waals surface area contributed by atoms with Crippen LogP contribution in [-0.2, 0) is 0 Å². The van der Waals surface area contributed by atoms with E-state index in [0.717, 1.165) is 42.9 Å². The van der Waals surface area contributed by atoms with Gasteiger partial charge in [0.1, 0.15) is 11.6 Å². The average molecular weight is 397 g/mol. The van der Waals surface area contributed by atoms with E-state index in [0.29, 0.717) is 23.3 Å². The number of hydrogen-bond donors (Lipinski definition) is 1. The number of halogens is 1. The van der Waals surface area contributed by atoms with Gasteiger partial charge in [0.05, 0.1) is 12.5 Å². The van der Waals surface area contributed by atoms with Crippen LogP contribution in [0.2, 0.25) is 0 Å². The van der Waals surface area contributed by atoms with Gasteiger partial charge >= 0.3 is 0 Å². The lowest BCUT2D eigenvalue weighted by atomic mass is 9.86. The van der Waals surface area contributed by atoms with Crippen molar-refractivity contribution in [2.45, 2.75) is 19.3 Å². The van der Waals surface area contributed by atoms with Crippen molar-refractivity contribution in [3.63, 3.8) is 0 Å². The molecule has 152 valence electrons. The maximum Gasteiger partial charge on any atom is 0.180 e. The normalized spacial score (nSPS) is 15.5. The predicted octanol–water partition coefficient (Wildman–Crippen LogP) is 3.76. The molecule has 29 heavy (non-hydrogen) atoms. The van der Waals surface area contributed by atoms with Crippen molar-refractivity contribution in [2.75, 3.05) is 38.2 Å². The molecular formula is C22H24FN3O3. The van der Waals surface area contributed by atoms with Gasteiger partial charge < -0.3 is 19.5 Å². The first-order chi connectivity index (χ1) is 14.1. The van der Waals surface area contributed by atoms with Crippen LogP contribution in [0, 0.1) is 5.82 Å². The van der Waals surface area contributed by atoms with Gasteiger partial charge in [-0.1, -0.05) is 12.1 Å². The molecule has 1 N–H and O–H groups in total. The van der Waals surface area contributed by atoms with Crippen molar-refractivity contribution < 1.29 is 18.4 Å². The fraction of sp³-hybridized carbons (Fsp3) is 0.364. The number of ether oxygens (including phenoxy) is 1. The number of fused-ring (bicyclic) bond motifs is 1. The Hall–Kier alpha value is -2.93. The Morgan fingerprint density at radius 2 is 2.00 bits per heavy atom.